The second-order valence-electron chi connectivity index (χ2n) is 2.26. The third-order valence-electron chi connectivity index (χ3n) is 1.59. The van der Waals surface area contributed by atoms with E-state index in [9.17, 15) is 0 Å². The fourth-order valence-electron chi connectivity index (χ4n) is 1.10. The highest BCUT2D eigenvalue weighted by molar-refractivity contribution is 5.38. The van der Waals surface area contributed by atoms with Gasteiger partial charge in [-0.15, -0.1) is 6.42 Å². The van der Waals surface area contributed by atoms with E-state index < -0.39 is 0 Å². The standard InChI is InChI=1S/C8H7N3/c1-2-5-10-6-7-11-8(10)3-4-9-11/h1,3-4,6-7H,5H2. The highest BCUT2D eigenvalue weighted by Crippen LogP contribution is 2.02. The van der Waals surface area contributed by atoms with Crippen LogP contribution in [-0.4, -0.2) is 14.2 Å². The summed E-state index contributed by atoms with van der Waals surface area (Å²) in [6, 6.07) is 1.93. The minimum absolute atomic E-state index is 0.599. The molecule has 0 bridgehead atoms. The van der Waals surface area contributed by atoms with Crippen molar-refractivity contribution in [3.05, 3.63) is 24.7 Å². The molecule has 0 amide bonds. The fraction of sp³-hybridized carbons (Fsp3) is 0.125. The summed E-state index contributed by atoms with van der Waals surface area (Å²) in [7, 11) is 0. The normalized spacial score (nSPS) is 10.1. The first-order valence-corrected chi connectivity index (χ1v) is 3.34. The molecule has 0 radical (unpaired) electrons. The Labute approximate surface area is 64.3 Å². The topological polar surface area (TPSA) is 22.2 Å². The molecule has 0 spiro atoms. The summed E-state index contributed by atoms with van der Waals surface area (Å²) in [5, 5.41) is 4.05. The van der Waals surface area contributed by atoms with Crippen molar-refractivity contribution < 1.29 is 0 Å². The number of imidazole rings is 1. The molecule has 2 aromatic rings. The van der Waals surface area contributed by atoms with E-state index >= 15 is 0 Å². The number of hydrogen-bond acceptors (Lipinski definition) is 1. The van der Waals surface area contributed by atoms with Gasteiger partial charge in [0.2, 0.25) is 0 Å². The van der Waals surface area contributed by atoms with Crippen LogP contribution in [0.3, 0.4) is 0 Å². The van der Waals surface area contributed by atoms with E-state index in [-0.39, 0.29) is 0 Å². The van der Waals surface area contributed by atoms with Crippen LogP contribution < -0.4 is 0 Å². The molecule has 0 aliphatic carbocycles. The summed E-state index contributed by atoms with van der Waals surface area (Å²) in [6.45, 7) is 0.599. The first-order chi connectivity index (χ1) is 5.42. The third-order valence-corrected chi connectivity index (χ3v) is 1.59. The van der Waals surface area contributed by atoms with Crippen LogP contribution in [0.4, 0.5) is 0 Å². The number of terminal acetylenes is 1. The molecule has 0 unspecified atom stereocenters. The summed E-state index contributed by atoms with van der Waals surface area (Å²) in [6.07, 6.45) is 10.7. The lowest BCUT2D eigenvalue weighted by atomic mass is 10.6. The minimum Gasteiger partial charge on any atom is -0.320 e. The van der Waals surface area contributed by atoms with E-state index in [0.29, 0.717) is 6.54 Å². The molecule has 2 rings (SSSR count). The third kappa shape index (κ3) is 0.802. The van der Waals surface area contributed by atoms with Gasteiger partial charge in [-0.3, -0.25) is 0 Å². The molecule has 3 nitrogen and oxygen atoms in total. The maximum absolute atomic E-state index is 5.18. The molecular weight excluding hydrogens is 138 g/mol. The van der Waals surface area contributed by atoms with Gasteiger partial charge in [-0.2, -0.15) is 5.10 Å². The van der Waals surface area contributed by atoms with Crippen molar-refractivity contribution in [3.63, 3.8) is 0 Å². The predicted molar refractivity (Wildman–Crippen MR) is 42.0 cm³/mol. The lowest BCUT2D eigenvalue weighted by Crippen LogP contribution is -1.92. The molecule has 54 valence electrons. The summed E-state index contributed by atoms with van der Waals surface area (Å²) >= 11 is 0. The van der Waals surface area contributed by atoms with Crippen LogP contribution in [0.1, 0.15) is 0 Å². The second kappa shape index (κ2) is 2.17. The van der Waals surface area contributed by atoms with E-state index in [4.69, 9.17) is 6.42 Å². The molecular formula is C8H7N3. The Hall–Kier alpha value is -1.69. The van der Waals surface area contributed by atoms with Crippen molar-refractivity contribution in [3.8, 4) is 12.3 Å². The molecule has 0 aliphatic heterocycles. The van der Waals surface area contributed by atoms with E-state index in [1.54, 1.807) is 10.7 Å². The number of nitrogens with zero attached hydrogens (tertiary/aromatic N) is 3. The minimum atomic E-state index is 0.599. The summed E-state index contributed by atoms with van der Waals surface area (Å²) in [5.74, 6) is 2.57. The van der Waals surface area contributed by atoms with Crippen molar-refractivity contribution in [1.82, 2.24) is 14.2 Å². The van der Waals surface area contributed by atoms with Gasteiger partial charge < -0.3 is 4.57 Å². The SMILES string of the molecule is C#CCn1ccn2nccc12. The van der Waals surface area contributed by atoms with Crippen molar-refractivity contribution in [2.24, 2.45) is 0 Å². The van der Waals surface area contributed by atoms with Gasteiger partial charge in [-0.25, -0.2) is 4.52 Å². The van der Waals surface area contributed by atoms with Crippen LogP contribution in [-0.2, 0) is 6.54 Å². The van der Waals surface area contributed by atoms with E-state index in [1.165, 1.54) is 0 Å². The molecule has 11 heavy (non-hydrogen) atoms. The molecule has 2 aromatic heterocycles. The monoisotopic (exact) mass is 145 g/mol. The van der Waals surface area contributed by atoms with Gasteiger partial charge in [0.05, 0.1) is 12.7 Å². The van der Waals surface area contributed by atoms with E-state index in [0.717, 1.165) is 5.65 Å². The molecule has 0 saturated carbocycles. The molecule has 2 heterocycles. The number of fused-ring (bicyclic) bond motifs is 1. The van der Waals surface area contributed by atoms with Gasteiger partial charge in [0.15, 0.2) is 0 Å². The average molecular weight is 145 g/mol. The molecule has 0 atom stereocenters. The number of rotatable bonds is 1. The lowest BCUT2D eigenvalue weighted by molar-refractivity contribution is 0.869. The van der Waals surface area contributed by atoms with Gasteiger partial charge >= 0.3 is 0 Å². The molecule has 0 aromatic carbocycles. The van der Waals surface area contributed by atoms with Gasteiger partial charge in [0.1, 0.15) is 5.65 Å². The molecule has 0 fully saturated rings. The largest absolute Gasteiger partial charge is 0.320 e. The van der Waals surface area contributed by atoms with Crippen molar-refractivity contribution in [2.45, 2.75) is 6.54 Å². The van der Waals surface area contributed by atoms with Crippen LogP contribution in [0.2, 0.25) is 0 Å². The van der Waals surface area contributed by atoms with Crippen molar-refractivity contribution >= 4 is 5.65 Å². The fourth-order valence-corrected chi connectivity index (χ4v) is 1.10. The summed E-state index contributed by atoms with van der Waals surface area (Å²) < 4.78 is 3.75. The predicted octanol–water partition coefficient (Wildman–Crippen LogP) is 0.769. The molecule has 0 N–H and O–H groups in total. The molecule has 0 aliphatic rings. The zero-order valence-electron chi connectivity index (χ0n) is 5.94. The zero-order chi connectivity index (χ0) is 7.68. The Bertz CT molecular complexity index is 402. The van der Waals surface area contributed by atoms with E-state index in [2.05, 4.69) is 11.0 Å². The van der Waals surface area contributed by atoms with Crippen LogP contribution in [0.5, 0.6) is 0 Å². The molecule has 0 saturated heterocycles. The number of hydrogen-bond donors (Lipinski definition) is 0. The van der Waals surface area contributed by atoms with E-state index in [1.807, 2.05) is 23.0 Å². The summed E-state index contributed by atoms with van der Waals surface area (Å²) in [4.78, 5) is 0. The Morgan fingerprint density at radius 2 is 2.45 bits per heavy atom. The van der Waals surface area contributed by atoms with Gasteiger partial charge in [0.25, 0.3) is 0 Å². The smallest absolute Gasteiger partial charge is 0.136 e. The van der Waals surface area contributed by atoms with Crippen LogP contribution in [0.25, 0.3) is 5.65 Å². The van der Waals surface area contributed by atoms with Crippen LogP contribution in [0, 0.1) is 12.3 Å². The Morgan fingerprint density at radius 3 is 3.27 bits per heavy atom. The maximum atomic E-state index is 5.18. The quantitative estimate of drug-likeness (QED) is 0.543. The van der Waals surface area contributed by atoms with Gasteiger partial charge in [-0.1, -0.05) is 5.92 Å². The Kier molecular flexibility index (Phi) is 1.19. The lowest BCUT2D eigenvalue weighted by Gasteiger charge is -1.93. The summed E-state index contributed by atoms with van der Waals surface area (Å²) in [5.41, 5.74) is 1.03. The highest BCUT2D eigenvalue weighted by Gasteiger charge is 1.97. The second-order valence-corrected chi connectivity index (χ2v) is 2.26. The maximum Gasteiger partial charge on any atom is 0.136 e. The zero-order valence-corrected chi connectivity index (χ0v) is 5.94. The van der Waals surface area contributed by atoms with Gasteiger partial charge in [0, 0.05) is 18.5 Å². The van der Waals surface area contributed by atoms with Crippen LogP contribution >= 0.6 is 0 Å². The Balaban J connectivity index is 2.61. The van der Waals surface area contributed by atoms with Gasteiger partial charge in [-0.05, 0) is 0 Å². The van der Waals surface area contributed by atoms with Crippen molar-refractivity contribution in [1.29, 1.82) is 0 Å². The first-order valence-electron chi connectivity index (χ1n) is 3.34. The average Bonchev–Trinajstić information content (AvgIpc) is 2.53. The number of aromatic nitrogens is 3. The van der Waals surface area contributed by atoms with Crippen molar-refractivity contribution in [2.75, 3.05) is 0 Å². The Morgan fingerprint density at radius 1 is 1.55 bits per heavy atom. The first kappa shape index (κ1) is 6.05. The highest BCUT2D eigenvalue weighted by atomic mass is 15.3. The molecule has 3 heteroatoms. The van der Waals surface area contributed by atoms with Crippen LogP contribution in [0.15, 0.2) is 24.7 Å².